The maximum atomic E-state index is 13.2. The van der Waals surface area contributed by atoms with Crippen LogP contribution in [0.1, 0.15) is 59.8 Å². The van der Waals surface area contributed by atoms with Gasteiger partial charge in [0.2, 0.25) is 5.91 Å². The molecule has 2 fully saturated rings. The van der Waals surface area contributed by atoms with Crippen LogP contribution < -0.4 is 0 Å². The third kappa shape index (κ3) is 3.77. The zero-order valence-electron chi connectivity index (χ0n) is 14.8. The summed E-state index contributed by atoms with van der Waals surface area (Å²) in [5.41, 5.74) is 0. The molecule has 7 heteroatoms. The topological polar surface area (TPSA) is 74.7 Å². The number of carbonyl (C=O) groups excluding carboxylic acids is 2. The quantitative estimate of drug-likeness (QED) is 0.814. The maximum absolute atomic E-state index is 13.2. The number of carboxylic acid groups (broad SMARTS) is 1. The van der Waals surface area contributed by atoms with E-state index in [9.17, 15) is 19.5 Å². The molecule has 1 aliphatic carbocycles. The van der Waals surface area contributed by atoms with Crippen molar-refractivity contribution in [3.05, 3.63) is 0 Å². The summed E-state index contributed by atoms with van der Waals surface area (Å²) in [6.07, 6.45) is 4.89. The Morgan fingerprint density at radius 2 is 1.83 bits per heavy atom. The maximum Gasteiger partial charge on any atom is 0.327 e. The van der Waals surface area contributed by atoms with Crippen molar-refractivity contribution in [1.82, 2.24) is 4.90 Å². The number of rotatable bonds is 4. The lowest BCUT2D eigenvalue weighted by atomic mass is 9.89. The molecule has 0 aromatic rings. The van der Waals surface area contributed by atoms with Gasteiger partial charge >= 0.3 is 5.97 Å². The first kappa shape index (κ1) is 19.6. The molecule has 1 N–H and O–H groups in total. The third-order valence-electron chi connectivity index (χ3n) is 4.87. The first-order chi connectivity index (χ1) is 11.1. The van der Waals surface area contributed by atoms with E-state index >= 15 is 0 Å². The number of carbonyl (C=O) groups is 3. The zero-order valence-corrected chi connectivity index (χ0v) is 16.5. The van der Waals surface area contributed by atoms with Gasteiger partial charge in [0.1, 0.15) is 6.04 Å². The van der Waals surface area contributed by atoms with E-state index in [0.29, 0.717) is 5.75 Å². The van der Waals surface area contributed by atoms with Gasteiger partial charge in [-0.3, -0.25) is 9.59 Å². The first-order valence-electron chi connectivity index (χ1n) is 8.50. The second kappa shape index (κ2) is 7.28. The van der Waals surface area contributed by atoms with Crippen molar-refractivity contribution in [2.75, 3.05) is 5.75 Å². The number of nitrogens with zero attached hydrogens (tertiary/aromatic N) is 1. The van der Waals surface area contributed by atoms with Crippen molar-refractivity contribution in [3.8, 4) is 0 Å². The molecule has 1 saturated carbocycles. The number of carboxylic acids is 1. The van der Waals surface area contributed by atoms with Crippen LogP contribution in [-0.4, -0.2) is 48.4 Å². The van der Waals surface area contributed by atoms with E-state index < -0.39 is 21.6 Å². The van der Waals surface area contributed by atoms with Crippen LogP contribution in [-0.2, 0) is 14.4 Å². The molecule has 5 nitrogen and oxygen atoms in total. The summed E-state index contributed by atoms with van der Waals surface area (Å²) in [6, 6.07) is -0.821. The lowest BCUT2D eigenvalue weighted by molar-refractivity contribution is -0.155. The first-order valence-corrected chi connectivity index (χ1v) is 10.3. The van der Waals surface area contributed by atoms with Gasteiger partial charge in [-0.2, -0.15) is 0 Å². The molecule has 24 heavy (non-hydrogen) atoms. The van der Waals surface area contributed by atoms with Crippen LogP contribution in [0.15, 0.2) is 0 Å². The van der Waals surface area contributed by atoms with E-state index in [1.807, 2.05) is 13.8 Å². The summed E-state index contributed by atoms with van der Waals surface area (Å²) in [4.78, 5) is 37.6. The molecule has 1 amide bonds. The second-order valence-electron chi connectivity index (χ2n) is 7.37. The monoisotopic (exact) mass is 373 g/mol. The molecule has 2 unspecified atom stereocenters. The van der Waals surface area contributed by atoms with Crippen molar-refractivity contribution >= 4 is 40.5 Å². The van der Waals surface area contributed by atoms with Gasteiger partial charge in [0.15, 0.2) is 5.12 Å². The molecule has 0 aromatic carbocycles. The molecular formula is C17H27NO4S2. The fourth-order valence-corrected chi connectivity index (χ4v) is 6.59. The van der Waals surface area contributed by atoms with Gasteiger partial charge in [0.25, 0.3) is 0 Å². The molecule has 1 heterocycles. The minimum Gasteiger partial charge on any atom is -0.480 e. The van der Waals surface area contributed by atoms with E-state index in [2.05, 4.69) is 0 Å². The predicted octanol–water partition coefficient (Wildman–Crippen LogP) is 3.37. The Hall–Kier alpha value is -0.690. The third-order valence-corrected chi connectivity index (χ3v) is 7.68. The average molecular weight is 374 g/mol. The Morgan fingerprint density at radius 1 is 1.25 bits per heavy atom. The summed E-state index contributed by atoms with van der Waals surface area (Å²) in [5, 5.41) is 9.80. The van der Waals surface area contributed by atoms with Gasteiger partial charge in [0.05, 0.1) is 4.87 Å². The molecule has 1 saturated heterocycles. The molecule has 2 aliphatic rings. The van der Waals surface area contributed by atoms with Crippen molar-refractivity contribution in [2.24, 2.45) is 5.92 Å². The molecule has 2 atom stereocenters. The summed E-state index contributed by atoms with van der Waals surface area (Å²) in [6.45, 7) is 7.13. The summed E-state index contributed by atoms with van der Waals surface area (Å²) in [7, 11) is 0. The van der Waals surface area contributed by atoms with Crippen LogP contribution in [0.2, 0.25) is 0 Å². The van der Waals surface area contributed by atoms with Crippen LogP contribution in [0.4, 0.5) is 0 Å². The van der Waals surface area contributed by atoms with Crippen molar-refractivity contribution < 1.29 is 19.5 Å². The van der Waals surface area contributed by atoms with Crippen molar-refractivity contribution in [3.63, 3.8) is 0 Å². The van der Waals surface area contributed by atoms with Crippen molar-refractivity contribution in [2.45, 2.75) is 75.5 Å². The van der Waals surface area contributed by atoms with Crippen LogP contribution >= 0.6 is 23.5 Å². The molecular weight excluding hydrogens is 346 g/mol. The minimum absolute atomic E-state index is 0.0204. The highest BCUT2D eigenvalue weighted by Crippen LogP contribution is 2.57. The van der Waals surface area contributed by atoms with Crippen LogP contribution in [0, 0.1) is 5.92 Å². The number of hydrogen-bond acceptors (Lipinski definition) is 5. The van der Waals surface area contributed by atoms with Gasteiger partial charge in [-0.05, 0) is 26.7 Å². The smallest absolute Gasteiger partial charge is 0.327 e. The van der Waals surface area contributed by atoms with Crippen LogP contribution in [0.25, 0.3) is 0 Å². The van der Waals surface area contributed by atoms with E-state index in [0.717, 1.165) is 43.9 Å². The Bertz CT molecular complexity index is 529. The highest BCUT2D eigenvalue weighted by molar-refractivity contribution is 8.13. The highest BCUT2D eigenvalue weighted by atomic mass is 32.2. The number of aliphatic carboxylic acids is 1. The predicted molar refractivity (Wildman–Crippen MR) is 98.1 cm³/mol. The molecule has 1 aliphatic heterocycles. The van der Waals surface area contributed by atoms with Gasteiger partial charge in [0, 0.05) is 23.3 Å². The molecule has 0 radical (unpaired) electrons. The van der Waals surface area contributed by atoms with E-state index in [1.165, 1.54) is 6.92 Å². The Balaban J connectivity index is 2.33. The average Bonchev–Trinajstić information content (AvgIpc) is 2.71. The Kier molecular flexibility index (Phi) is 5.95. The van der Waals surface area contributed by atoms with E-state index in [1.54, 1.807) is 23.6 Å². The number of thioether (sulfide) groups is 2. The number of hydrogen-bond donors (Lipinski definition) is 1. The van der Waals surface area contributed by atoms with Crippen molar-refractivity contribution in [1.29, 1.82) is 0 Å². The standard InChI is InChI=1S/C17H27NO4S2/c1-11(10-23-12(2)19)14(20)18-13(15(21)22)16(3,4)24-17(18)8-6-5-7-9-17/h11,13H,5-10H2,1-4H3,(H,21,22). The minimum atomic E-state index is -0.935. The fourth-order valence-electron chi connectivity index (χ4n) is 3.87. The summed E-state index contributed by atoms with van der Waals surface area (Å²) >= 11 is 2.79. The van der Waals surface area contributed by atoms with E-state index in [4.69, 9.17) is 0 Å². The molecule has 0 aromatic heterocycles. The Labute approximate surface area is 152 Å². The summed E-state index contributed by atoms with van der Waals surface area (Å²) in [5.74, 6) is -1.03. The molecule has 0 bridgehead atoms. The van der Waals surface area contributed by atoms with E-state index in [-0.39, 0.29) is 16.9 Å². The largest absolute Gasteiger partial charge is 0.480 e. The molecule has 1 spiro atoms. The molecule has 2 rings (SSSR count). The normalized spacial score (nSPS) is 26.3. The van der Waals surface area contributed by atoms with Gasteiger partial charge in [-0.25, -0.2) is 4.79 Å². The second-order valence-corrected chi connectivity index (χ2v) is 10.6. The highest BCUT2D eigenvalue weighted by Gasteiger charge is 2.61. The lowest BCUT2D eigenvalue weighted by Crippen LogP contribution is -2.57. The lowest BCUT2D eigenvalue weighted by Gasteiger charge is -2.42. The zero-order chi connectivity index (χ0) is 18.1. The number of amides is 1. The van der Waals surface area contributed by atoms with Crippen LogP contribution in [0.3, 0.4) is 0 Å². The fraction of sp³-hybridized carbons (Fsp3) is 0.824. The van der Waals surface area contributed by atoms with Gasteiger partial charge in [-0.15, -0.1) is 11.8 Å². The summed E-state index contributed by atoms with van der Waals surface area (Å²) < 4.78 is -0.522. The van der Waals surface area contributed by atoms with Crippen LogP contribution in [0.5, 0.6) is 0 Å². The Morgan fingerprint density at radius 3 is 2.33 bits per heavy atom. The molecule has 136 valence electrons. The van der Waals surface area contributed by atoms with Gasteiger partial charge in [-0.1, -0.05) is 37.9 Å². The SMILES string of the molecule is CC(=O)SCC(C)C(=O)N1C(C(=O)O)C(C)(C)SC12CCCCC2. The van der Waals surface area contributed by atoms with Gasteiger partial charge < -0.3 is 10.0 Å².